The first-order valence-electron chi connectivity index (χ1n) is 7.17. The zero-order valence-electron chi connectivity index (χ0n) is 11.6. The lowest BCUT2D eigenvalue weighted by molar-refractivity contribution is 0.0963. The molecule has 1 N–H and O–H groups in total. The highest BCUT2D eigenvalue weighted by molar-refractivity contribution is 4.85. The highest BCUT2D eigenvalue weighted by atomic mass is 15.2. The zero-order chi connectivity index (χ0) is 12.0. The first-order chi connectivity index (χ1) is 7.74. The van der Waals surface area contributed by atoms with Crippen LogP contribution in [0.25, 0.3) is 0 Å². The van der Waals surface area contributed by atoms with Crippen molar-refractivity contribution in [3.8, 4) is 0 Å². The van der Waals surface area contributed by atoms with Crippen molar-refractivity contribution in [3.63, 3.8) is 0 Å². The predicted octanol–water partition coefficient (Wildman–Crippen LogP) is 3.03. The lowest BCUT2D eigenvalue weighted by atomic mass is 9.92. The molecule has 2 nitrogen and oxygen atoms in total. The summed E-state index contributed by atoms with van der Waals surface area (Å²) >= 11 is 0. The van der Waals surface area contributed by atoms with Crippen LogP contribution in [-0.2, 0) is 0 Å². The van der Waals surface area contributed by atoms with Crippen molar-refractivity contribution in [2.24, 2.45) is 0 Å². The number of likely N-dealkylation sites (N-methyl/N-ethyl adjacent to an activating group) is 2. The molecule has 0 amide bonds. The maximum absolute atomic E-state index is 3.46. The molecule has 0 radical (unpaired) electrons. The van der Waals surface area contributed by atoms with Gasteiger partial charge in [0.2, 0.25) is 0 Å². The number of nitrogens with one attached hydrogen (secondary N) is 1. The summed E-state index contributed by atoms with van der Waals surface area (Å²) in [5, 5.41) is 3.46. The third-order valence-corrected chi connectivity index (χ3v) is 4.32. The Bertz CT molecular complexity index is 172. The van der Waals surface area contributed by atoms with Gasteiger partial charge in [-0.15, -0.1) is 0 Å². The van der Waals surface area contributed by atoms with Crippen LogP contribution in [0.5, 0.6) is 0 Å². The lowest BCUT2D eigenvalue weighted by Gasteiger charge is -2.41. The summed E-state index contributed by atoms with van der Waals surface area (Å²) in [7, 11) is 2.10. The summed E-state index contributed by atoms with van der Waals surface area (Å²) in [6.07, 6.45) is 8.37. The molecule has 2 atom stereocenters. The fourth-order valence-electron chi connectivity index (χ4n) is 3.31. The number of nitrogens with zero attached hydrogens (tertiary/aromatic N) is 1. The van der Waals surface area contributed by atoms with E-state index in [0.29, 0.717) is 12.1 Å². The van der Waals surface area contributed by atoms with Crippen LogP contribution in [0.3, 0.4) is 0 Å². The molecular weight excluding hydrogens is 196 g/mol. The fourth-order valence-corrected chi connectivity index (χ4v) is 3.31. The Labute approximate surface area is 102 Å². The largest absolute Gasteiger partial charge is 0.315 e. The van der Waals surface area contributed by atoms with E-state index in [1.807, 2.05) is 0 Å². The second-order valence-electron chi connectivity index (χ2n) is 5.17. The van der Waals surface area contributed by atoms with E-state index in [4.69, 9.17) is 0 Å². The standard InChI is InChI=1S/C14H30N2/c1-5-14(15-4)12(3)16(6-2)13-10-8-7-9-11-13/h12-15H,5-11H2,1-4H3. The Morgan fingerprint density at radius 1 is 1.19 bits per heavy atom. The third kappa shape index (κ3) is 3.46. The molecule has 0 bridgehead atoms. The monoisotopic (exact) mass is 226 g/mol. The molecule has 0 aromatic carbocycles. The van der Waals surface area contributed by atoms with Crippen LogP contribution in [0.15, 0.2) is 0 Å². The van der Waals surface area contributed by atoms with Crippen molar-refractivity contribution < 1.29 is 0 Å². The molecular formula is C14H30N2. The first-order valence-corrected chi connectivity index (χ1v) is 7.17. The SMILES string of the molecule is CCC(NC)C(C)N(CC)C1CCCCC1. The minimum Gasteiger partial charge on any atom is -0.315 e. The molecule has 2 unspecified atom stereocenters. The summed E-state index contributed by atoms with van der Waals surface area (Å²) in [5.74, 6) is 0. The molecule has 0 aliphatic heterocycles. The van der Waals surface area contributed by atoms with E-state index in [-0.39, 0.29) is 0 Å². The molecule has 96 valence electrons. The Hall–Kier alpha value is -0.0800. The van der Waals surface area contributed by atoms with Crippen LogP contribution in [-0.4, -0.2) is 36.6 Å². The Kier molecular flexibility index (Phi) is 6.37. The van der Waals surface area contributed by atoms with Crippen molar-refractivity contribution in [1.29, 1.82) is 0 Å². The summed E-state index contributed by atoms with van der Waals surface area (Å²) in [6, 6.07) is 2.15. The van der Waals surface area contributed by atoms with Crippen molar-refractivity contribution in [2.45, 2.75) is 77.4 Å². The summed E-state index contributed by atoms with van der Waals surface area (Å²) in [5.41, 5.74) is 0. The van der Waals surface area contributed by atoms with E-state index in [1.54, 1.807) is 0 Å². The van der Waals surface area contributed by atoms with Gasteiger partial charge in [-0.2, -0.15) is 0 Å². The van der Waals surface area contributed by atoms with Gasteiger partial charge in [-0.3, -0.25) is 4.90 Å². The first kappa shape index (κ1) is 14.0. The molecule has 1 saturated carbocycles. The van der Waals surface area contributed by atoms with E-state index in [0.717, 1.165) is 6.04 Å². The van der Waals surface area contributed by atoms with Crippen LogP contribution < -0.4 is 5.32 Å². The number of rotatable bonds is 6. The van der Waals surface area contributed by atoms with Gasteiger partial charge in [0.1, 0.15) is 0 Å². The van der Waals surface area contributed by atoms with E-state index in [1.165, 1.54) is 45.1 Å². The summed E-state index contributed by atoms with van der Waals surface area (Å²) in [6.45, 7) is 8.19. The molecule has 0 spiro atoms. The van der Waals surface area contributed by atoms with Gasteiger partial charge in [0.05, 0.1) is 0 Å². The maximum Gasteiger partial charge on any atom is 0.0223 e. The molecule has 0 aromatic heterocycles. The van der Waals surface area contributed by atoms with Crippen LogP contribution in [0.2, 0.25) is 0 Å². The van der Waals surface area contributed by atoms with Crippen LogP contribution in [0, 0.1) is 0 Å². The topological polar surface area (TPSA) is 15.3 Å². The zero-order valence-corrected chi connectivity index (χ0v) is 11.6. The van der Waals surface area contributed by atoms with Gasteiger partial charge in [-0.25, -0.2) is 0 Å². The molecule has 1 aliphatic carbocycles. The minimum atomic E-state index is 0.641. The van der Waals surface area contributed by atoms with E-state index in [2.05, 4.69) is 38.0 Å². The summed E-state index contributed by atoms with van der Waals surface area (Å²) in [4.78, 5) is 2.73. The van der Waals surface area contributed by atoms with Crippen molar-refractivity contribution >= 4 is 0 Å². The molecule has 0 aromatic rings. The number of hydrogen-bond acceptors (Lipinski definition) is 2. The highest BCUT2D eigenvalue weighted by Crippen LogP contribution is 2.25. The second kappa shape index (κ2) is 7.29. The van der Waals surface area contributed by atoms with Crippen LogP contribution in [0.1, 0.15) is 59.3 Å². The van der Waals surface area contributed by atoms with E-state index < -0.39 is 0 Å². The fraction of sp³-hybridized carbons (Fsp3) is 1.00. The molecule has 0 heterocycles. The average Bonchev–Trinajstić information content (AvgIpc) is 2.33. The van der Waals surface area contributed by atoms with Crippen LogP contribution >= 0.6 is 0 Å². The number of hydrogen-bond donors (Lipinski definition) is 1. The molecule has 1 aliphatic rings. The lowest BCUT2D eigenvalue weighted by Crippen LogP contribution is -2.51. The van der Waals surface area contributed by atoms with Gasteiger partial charge in [-0.1, -0.05) is 33.1 Å². The average molecular weight is 226 g/mol. The highest BCUT2D eigenvalue weighted by Gasteiger charge is 2.27. The Morgan fingerprint density at radius 2 is 1.81 bits per heavy atom. The maximum atomic E-state index is 3.46. The van der Waals surface area contributed by atoms with Gasteiger partial charge < -0.3 is 5.32 Å². The molecule has 1 rings (SSSR count). The normalized spacial score (nSPS) is 22.3. The Morgan fingerprint density at radius 3 is 2.25 bits per heavy atom. The quantitative estimate of drug-likeness (QED) is 0.749. The van der Waals surface area contributed by atoms with Gasteiger partial charge in [0.25, 0.3) is 0 Å². The predicted molar refractivity (Wildman–Crippen MR) is 71.9 cm³/mol. The third-order valence-electron chi connectivity index (χ3n) is 4.32. The molecule has 0 saturated heterocycles. The molecule has 1 fully saturated rings. The molecule has 16 heavy (non-hydrogen) atoms. The van der Waals surface area contributed by atoms with Gasteiger partial charge in [-0.05, 0) is 39.8 Å². The van der Waals surface area contributed by atoms with Crippen molar-refractivity contribution in [1.82, 2.24) is 10.2 Å². The van der Waals surface area contributed by atoms with Gasteiger partial charge in [0.15, 0.2) is 0 Å². The van der Waals surface area contributed by atoms with Gasteiger partial charge >= 0.3 is 0 Å². The van der Waals surface area contributed by atoms with E-state index in [9.17, 15) is 0 Å². The molecule has 2 heteroatoms. The Balaban J connectivity index is 2.56. The van der Waals surface area contributed by atoms with E-state index >= 15 is 0 Å². The second-order valence-corrected chi connectivity index (χ2v) is 5.17. The van der Waals surface area contributed by atoms with Gasteiger partial charge in [0, 0.05) is 18.1 Å². The summed E-state index contributed by atoms with van der Waals surface area (Å²) < 4.78 is 0. The minimum absolute atomic E-state index is 0.641. The van der Waals surface area contributed by atoms with Crippen LogP contribution in [0.4, 0.5) is 0 Å². The van der Waals surface area contributed by atoms with Crippen molar-refractivity contribution in [3.05, 3.63) is 0 Å². The van der Waals surface area contributed by atoms with Crippen molar-refractivity contribution in [2.75, 3.05) is 13.6 Å². The smallest absolute Gasteiger partial charge is 0.0223 e.